The van der Waals surface area contributed by atoms with Crippen molar-refractivity contribution in [1.29, 1.82) is 0 Å². The molecule has 112 valence electrons. The minimum atomic E-state index is -3.76. The summed E-state index contributed by atoms with van der Waals surface area (Å²) in [4.78, 5) is -0.0244. The summed E-state index contributed by atoms with van der Waals surface area (Å²) in [6, 6.07) is 11.7. The maximum Gasteiger partial charge on any atom is 0.238 e. The Labute approximate surface area is 123 Å². The zero-order valence-corrected chi connectivity index (χ0v) is 12.4. The molecule has 0 fully saturated rings. The molecule has 0 spiro atoms. The lowest BCUT2D eigenvalue weighted by molar-refractivity contribution is 0.342. The van der Waals surface area contributed by atoms with Gasteiger partial charge in [0, 0.05) is 0 Å². The predicted molar refractivity (Wildman–Crippen MR) is 83.1 cm³/mol. The van der Waals surface area contributed by atoms with E-state index in [-0.39, 0.29) is 10.6 Å². The number of anilines is 3. The second-order valence-electron chi connectivity index (χ2n) is 4.35. The molecule has 6 nitrogen and oxygen atoms in total. The summed E-state index contributed by atoms with van der Waals surface area (Å²) in [5.74, 6) is 0.690. The monoisotopic (exact) mass is 307 g/mol. The Balaban J connectivity index is 2.33. The predicted octanol–water partition coefficient (Wildman–Crippen LogP) is 2.06. The van der Waals surface area contributed by atoms with Crippen molar-refractivity contribution in [3.05, 3.63) is 42.5 Å². The Morgan fingerprint density at radius 3 is 2.48 bits per heavy atom. The van der Waals surface area contributed by atoms with Crippen molar-refractivity contribution in [1.82, 2.24) is 0 Å². The van der Waals surface area contributed by atoms with Gasteiger partial charge in [-0.3, -0.25) is 0 Å². The fourth-order valence-corrected chi connectivity index (χ4v) is 2.38. The van der Waals surface area contributed by atoms with Gasteiger partial charge in [-0.1, -0.05) is 12.1 Å². The van der Waals surface area contributed by atoms with E-state index in [2.05, 4.69) is 5.32 Å². The van der Waals surface area contributed by atoms with E-state index in [4.69, 9.17) is 15.6 Å². The smallest absolute Gasteiger partial charge is 0.238 e. The second-order valence-corrected chi connectivity index (χ2v) is 5.91. The summed E-state index contributed by atoms with van der Waals surface area (Å²) in [6.45, 7) is 2.44. The summed E-state index contributed by atoms with van der Waals surface area (Å²) in [6.07, 6.45) is 0. The van der Waals surface area contributed by atoms with Crippen molar-refractivity contribution in [2.75, 3.05) is 17.7 Å². The molecule has 0 aliphatic carbocycles. The van der Waals surface area contributed by atoms with Crippen LogP contribution in [0.4, 0.5) is 17.1 Å². The molecule has 0 radical (unpaired) electrons. The molecule has 0 aliphatic rings. The number of hydrogen-bond donors (Lipinski definition) is 3. The van der Waals surface area contributed by atoms with Crippen LogP contribution in [0, 0.1) is 0 Å². The van der Waals surface area contributed by atoms with E-state index in [1.165, 1.54) is 12.1 Å². The average molecular weight is 307 g/mol. The molecule has 0 unspecified atom stereocenters. The molecule has 0 atom stereocenters. The van der Waals surface area contributed by atoms with Gasteiger partial charge in [0.2, 0.25) is 10.0 Å². The summed E-state index contributed by atoms with van der Waals surface area (Å²) in [7, 11) is -3.76. The molecule has 2 rings (SSSR count). The number of benzene rings is 2. The van der Waals surface area contributed by atoms with Crippen LogP contribution in [0.1, 0.15) is 6.92 Å². The van der Waals surface area contributed by atoms with Crippen LogP contribution < -0.4 is 20.9 Å². The zero-order valence-electron chi connectivity index (χ0n) is 11.5. The highest BCUT2D eigenvalue weighted by molar-refractivity contribution is 7.89. The van der Waals surface area contributed by atoms with Crippen LogP contribution >= 0.6 is 0 Å². The van der Waals surface area contributed by atoms with Crippen LogP contribution in [0.25, 0.3) is 0 Å². The summed E-state index contributed by atoms with van der Waals surface area (Å²) in [5.41, 5.74) is 7.47. The third kappa shape index (κ3) is 3.65. The Kier molecular flexibility index (Phi) is 4.35. The zero-order chi connectivity index (χ0) is 15.5. The lowest BCUT2D eigenvalue weighted by Gasteiger charge is -2.14. The first kappa shape index (κ1) is 15.1. The normalized spacial score (nSPS) is 11.1. The van der Waals surface area contributed by atoms with Crippen molar-refractivity contribution in [3.8, 4) is 5.75 Å². The van der Waals surface area contributed by atoms with Gasteiger partial charge in [-0.15, -0.1) is 0 Å². The second kappa shape index (κ2) is 6.02. The maximum absolute atomic E-state index is 11.3. The van der Waals surface area contributed by atoms with Crippen LogP contribution in [0.2, 0.25) is 0 Å². The first-order valence-corrected chi connectivity index (χ1v) is 7.87. The van der Waals surface area contributed by atoms with Crippen LogP contribution in [0.5, 0.6) is 5.75 Å². The van der Waals surface area contributed by atoms with Gasteiger partial charge in [0.15, 0.2) is 0 Å². The van der Waals surface area contributed by atoms with Gasteiger partial charge in [0.1, 0.15) is 5.75 Å². The number of hydrogen-bond acceptors (Lipinski definition) is 5. The largest absolute Gasteiger partial charge is 0.492 e. The number of nitrogens with two attached hydrogens (primary N) is 2. The highest BCUT2D eigenvalue weighted by atomic mass is 32.2. The van der Waals surface area contributed by atoms with Gasteiger partial charge in [0.25, 0.3) is 0 Å². The van der Waals surface area contributed by atoms with Crippen LogP contribution in [0.15, 0.2) is 47.4 Å². The number of para-hydroxylation sites is 2. The fraction of sp³-hybridized carbons (Fsp3) is 0.143. The third-order valence-electron chi connectivity index (χ3n) is 2.81. The molecule has 0 amide bonds. The quantitative estimate of drug-likeness (QED) is 0.733. The van der Waals surface area contributed by atoms with Gasteiger partial charge < -0.3 is 15.8 Å². The van der Waals surface area contributed by atoms with E-state index < -0.39 is 10.0 Å². The van der Waals surface area contributed by atoms with Gasteiger partial charge in [0.05, 0.1) is 28.6 Å². The lowest BCUT2D eigenvalue weighted by atomic mass is 10.2. The highest BCUT2D eigenvalue weighted by Gasteiger charge is 2.11. The number of nitrogens with one attached hydrogen (secondary N) is 1. The molecule has 0 saturated heterocycles. The van der Waals surface area contributed by atoms with Crippen LogP contribution in [-0.4, -0.2) is 15.0 Å². The first-order valence-electron chi connectivity index (χ1n) is 6.33. The molecule has 0 heterocycles. The van der Waals surface area contributed by atoms with Crippen LogP contribution in [-0.2, 0) is 10.0 Å². The standard InChI is InChI=1S/C14H17N3O3S/c1-2-20-14-6-4-3-5-13(14)17-12-8-7-10(9-11(12)15)21(16,18)19/h3-9,17H,2,15H2,1H3,(H2,16,18,19). The summed E-state index contributed by atoms with van der Waals surface area (Å²) in [5, 5.41) is 8.19. The minimum Gasteiger partial charge on any atom is -0.492 e. The van der Waals surface area contributed by atoms with Crippen molar-refractivity contribution in [2.24, 2.45) is 5.14 Å². The van der Waals surface area contributed by atoms with E-state index in [9.17, 15) is 8.42 Å². The van der Waals surface area contributed by atoms with Gasteiger partial charge in [-0.25, -0.2) is 13.6 Å². The highest BCUT2D eigenvalue weighted by Crippen LogP contribution is 2.31. The van der Waals surface area contributed by atoms with Crippen LogP contribution in [0.3, 0.4) is 0 Å². The van der Waals surface area contributed by atoms with Crippen molar-refractivity contribution in [3.63, 3.8) is 0 Å². The number of ether oxygens (including phenoxy) is 1. The Bertz CT molecular complexity index is 745. The molecule has 5 N–H and O–H groups in total. The SMILES string of the molecule is CCOc1ccccc1Nc1ccc(S(N)(=O)=O)cc1N. The molecule has 2 aromatic carbocycles. The number of primary sulfonamides is 1. The summed E-state index contributed by atoms with van der Waals surface area (Å²) < 4.78 is 28.1. The molecule has 0 saturated carbocycles. The molecule has 0 bridgehead atoms. The Hall–Kier alpha value is -2.25. The first-order chi connectivity index (χ1) is 9.91. The maximum atomic E-state index is 11.3. The minimum absolute atomic E-state index is 0.0244. The molecule has 7 heteroatoms. The van der Waals surface area contributed by atoms with E-state index in [1.807, 2.05) is 31.2 Å². The number of sulfonamides is 1. The fourth-order valence-electron chi connectivity index (χ4n) is 1.83. The van der Waals surface area contributed by atoms with E-state index in [1.54, 1.807) is 6.07 Å². The number of rotatable bonds is 5. The lowest BCUT2D eigenvalue weighted by Crippen LogP contribution is -2.12. The molecule has 2 aromatic rings. The van der Waals surface area contributed by atoms with Gasteiger partial charge >= 0.3 is 0 Å². The van der Waals surface area contributed by atoms with E-state index in [0.717, 1.165) is 5.69 Å². The topological polar surface area (TPSA) is 107 Å². The molecular weight excluding hydrogens is 290 g/mol. The molecule has 0 aromatic heterocycles. The Morgan fingerprint density at radius 1 is 1.14 bits per heavy atom. The van der Waals surface area contributed by atoms with Gasteiger partial charge in [-0.05, 0) is 37.3 Å². The summed E-state index contributed by atoms with van der Waals surface area (Å²) >= 11 is 0. The third-order valence-corrected chi connectivity index (χ3v) is 3.72. The average Bonchev–Trinajstić information content (AvgIpc) is 2.42. The Morgan fingerprint density at radius 2 is 1.86 bits per heavy atom. The van der Waals surface area contributed by atoms with Crippen molar-refractivity contribution in [2.45, 2.75) is 11.8 Å². The van der Waals surface area contributed by atoms with Crippen molar-refractivity contribution < 1.29 is 13.2 Å². The van der Waals surface area contributed by atoms with E-state index in [0.29, 0.717) is 18.0 Å². The molecular formula is C14H17N3O3S. The van der Waals surface area contributed by atoms with E-state index >= 15 is 0 Å². The van der Waals surface area contributed by atoms with Gasteiger partial charge in [-0.2, -0.15) is 0 Å². The molecule has 21 heavy (non-hydrogen) atoms. The number of nitrogen functional groups attached to an aromatic ring is 1. The molecule has 0 aliphatic heterocycles. The van der Waals surface area contributed by atoms with Crippen molar-refractivity contribution >= 4 is 27.1 Å².